The summed E-state index contributed by atoms with van der Waals surface area (Å²) in [6.07, 6.45) is 22.0. The Morgan fingerprint density at radius 3 is 2.75 bits per heavy atom. The Labute approximate surface area is 122 Å². The Kier molecular flexibility index (Phi) is 3.80. The Bertz CT molecular complexity index is 518. The average Bonchev–Trinajstić information content (AvgIpc) is 2.48. The van der Waals surface area contributed by atoms with E-state index in [1.54, 1.807) is 0 Å². The number of nitrogens with one attached hydrogen (secondary N) is 1. The maximum absolute atomic E-state index is 3.74. The molecule has 0 saturated carbocycles. The summed E-state index contributed by atoms with van der Waals surface area (Å²) >= 11 is 0. The van der Waals surface area contributed by atoms with Gasteiger partial charge in [-0.15, -0.1) is 0 Å². The fourth-order valence-electron chi connectivity index (χ4n) is 3.68. The van der Waals surface area contributed by atoms with E-state index in [4.69, 9.17) is 0 Å². The van der Waals surface area contributed by atoms with Gasteiger partial charge in [-0.2, -0.15) is 0 Å². The summed E-state index contributed by atoms with van der Waals surface area (Å²) in [7, 11) is 0. The molecule has 1 nitrogen and oxygen atoms in total. The van der Waals surface area contributed by atoms with Gasteiger partial charge < -0.3 is 5.32 Å². The van der Waals surface area contributed by atoms with E-state index in [1.807, 2.05) is 0 Å². The van der Waals surface area contributed by atoms with Crippen molar-refractivity contribution in [3.63, 3.8) is 0 Å². The third kappa shape index (κ3) is 2.60. The van der Waals surface area contributed by atoms with Crippen molar-refractivity contribution in [1.82, 2.24) is 5.32 Å². The molecule has 3 atom stereocenters. The fraction of sp³-hybridized carbons (Fsp3) is 0.474. The molecule has 0 aromatic rings. The Morgan fingerprint density at radius 1 is 1.20 bits per heavy atom. The second kappa shape index (κ2) is 5.57. The highest BCUT2D eigenvalue weighted by atomic mass is 14.9. The Balaban J connectivity index is 1.78. The van der Waals surface area contributed by atoms with Crippen molar-refractivity contribution < 1.29 is 0 Å². The van der Waals surface area contributed by atoms with Gasteiger partial charge in [0.15, 0.2) is 0 Å². The van der Waals surface area contributed by atoms with E-state index in [9.17, 15) is 0 Å². The second-order valence-electron chi connectivity index (χ2n) is 6.53. The first kappa shape index (κ1) is 13.6. The van der Waals surface area contributed by atoms with Gasteiger partial charge in [0.1, 0.15) is 0 Å². The molecule has 3 rings (SSSR count). The van der Waals surface area contributed by atoms with E-state index in [2.05, 4.69) is 67.8 Å². The lowest BCUT2D eigenvalue weighted by Gasteiger charge is -2.41. The highest BCUT2D eigenvalue weighted by Crippen LogP contribution is 2.41. The maximum atomic E-state index is 3.74. The smallest absolute Gasteiger partial charge is 0.0505 e. The van der Waals surface area contributed by atoms with Crippen LogP contribution >= 0.6 is 0 Å². The molecule has 1 unspecified atom stereocenters. The van der Waals surface area contributed by atoms with Gasteiger partial charge in [-0.1, -0.05) is 61.1 Å². The minimum absolute atomic E-state index is 0.268. The molecular formula is C19H25N. The van der Waals surface area contributed by atoms with Crippen molar-refractivity contribution in [3.05, 3.63) is 59.8 Å². The van der Waals surface area contributed by atoms with E-state index in [0.717, 1.165) is 13.0 Å². The molecule has 1 N–H and O–H groups in total. The lowest BCUT2D eigenvalue weighted by Crippen LogP contribution is -2.44. The summed E-state index contributed by atoms with van der Waals surface area (Å²) in [5.41, 5.74) is 3.25. The number of rotatable bonds is 2. The lowest BCUT2D eigenvalue weighted by atomic mass is 9.68. The molecule has 0 radical (unpaired) electrons. The van der Waals surface area contributed by atoms with E-state index in [0.29, 0.717) is 12.0 Å². The summed E-state index contributed by atoms with van der Waals surface area (Å²) in [4.78, 5) is 0. The van der Waals surface area contributed by atoms with Crippen LogP contribution in [0.15, 0.2) is 59.8 Å². The molecule has 0 aromatic heterocycles. The third-order valence-corrected chi connectivity index (χ3v) is 4.98. The van der Waals surface area contributed by atoms with Crippen LogP contribution in [0.5, 0.6) is 0 Å². The normalized spacial score (nSPS) is 36.7. The first-order chi connectivity index (χ1) is 9.69. The zero-order valence-electron chi connectivity index (χ0n) is 12.6. The summed E-state index contributed by atoms with van der Waals surface area (Å²) in [5, 5.41) is 3.74. The largest absolute Gasteiger partial charge is 0.306 e. The molecule has 0 amide bonds. The topological polar surface area (TPSA) is 12.0 Å². The van der Waals surface area contributed by atoms with Crippen molar-refractivity contribution in [2.24, 2.45) is 11.3 Å². The maximum Gasteiger partial charge on any atom is 0.0505 e. The van der Waals surface area contributed by atoms with Crippen molar-refractivity contribution in [3.8, 4) is 0 Å². The fourth-order valence-corrected chi connectivity index (χ4v) is 3.68. The molecule has 1 heteroatoms. The highest BCUT2D eigenvalue weighted by molar-refractivity contribution is 5.35. The van der Waals surface area contributed by atoms with Gasteiger partial charge in [0, 0.05) is 12.5 Å². The molecular weight excluding hydrogens is 242 g/mol. The molecule has 0 spiro atoms. The predicted octanol–water partition coefficient (Wildman–Crippen LogP) is 4.32. The van der Waals surface area contributed by atoms with Gasteiger partial charge >= 0.3 is 0 Å². The molecule has 0 bridgehead atoms. The molecule has 20 heavy (non-hydrogen) atoms. The predicted molar refractivity (Wildman–Crippen MR) is 86.5 cm³/mol. The zero-order chi connectivity index (χ0) is 14.0. The monoisotopic (exact) mass is 267 g/mol. The van der Waals surface area contributed by atoms with E-state index < -0.39 is 0 Å². The molecule has 1 aliphatic heterocycles. The number of allylic oxidation sites excluding steroid dienone is 6. The van der Waals surface area contributed by atoms with Crippen molar-refractivity contribution in [2.45, 2.75) is 39.2 Å². The van der Waals surface area contributed by atoms with E-state index >= 15 is 0 Å². The third-order valence-electron chi connectivity index (χ3n) is 4.98. The molecule has 3 aliphatic rings. The van der Waals surface area contributed by atoms with Crippen molar-refractivity contribution >= 4 is 0 Å². The van der Waals surface area contributed by atoms with Crippen LogP contribution < -0.4 is 5.32 Å². The van der Waals surface area contributed by atoms with Crippen LogP contribution in [0.4, 0.5) is 0 Å². The summed E-state index contributed by atoms with van der Waals surface area (Å²) in [5.74, 6) is 0.605. The van der Waals surface area contributed by atoms with Crippen LogP contribution in [-0.4, -0.2) is 12.6 Å². The van der Waals surface area contributed by atoms with Crippen LogP contribution in [0.1, 0.15) is 33.1 Å². The molecule has 1 heterocycles. The van der Waals surface area contributed by atoms with E-state index in [-0.39, 0.29) is 5.41 Å². The lowest BCUT2D eigenvalue weighted by molar-refractivity contribution is 0.271. The molecule has 106 valence electrons. The van der Waals surface area contributed by atoms with Gasteiger partial charge in [0.25, 0.3) is 0 Å². The standard InChI is InChI=1S/C19H25N/c1-15-13-18(16-9-5-3-6-10-16)20-14-17(15)19(2)11-7-4-8-12-19/h4-5,7-11,13,17-18,20H,3,6,12,14H2,1-2H3/t17-,18?,19-/m0/s1. The first-order valence-corrected chi connectivity index (χ1v) is 7.82. The molecule has 2 aliphatic carbocycles. The Morgan fingerprint density at radius 2 is 2.10 bits per heavy atom. The van der Waals surface area contributed by atoms with Crippen molar-refractivity contribution in [1.29, 1.82) is 0 Å². The van der Waals surface area contributed by atoms with Crippen LogP contribution in [0.25, 0.3) is 0 Å². The highest BCUT2D eigenvalue weighted by Gasteiger charge is 2.35. The van der Waals surface area contributed by atoms with Gasteiger partial charge in [-0.25, -0.2) is 0 Å². The van der Waals surface area contributed by atoms with Gasteiger partial charge in [-0.3, -0.25) is 0 Å². The van der Waals surface area contributed by atoms with Crippen molar-refractivity contribution in [2.75, 3.05) is 6.54 Å². The summed E-state index contributed by atoms with van der Waals surface area (Å²) < 4.78 is 0. The van der Waals surface area contributed by atoms with Crippen LogP contribution in [-0.2, 0) is 0 Å². The quantitative estimate of drug-likeness (QED) is 0.735. The van der Waals surface area contributed by atoms with Gasteiger partial charge in [-0.05, 0) is 37.2 Å². The minimum atomic E-state index is 0.268. The van der Waals surface area contributed by atoms with Gasteiger partial charge in [0.2, 0.25) is 0 Å². The second-order valence-corrected chi connectivity index (χ2v) is 6.53. The van der Waals surface area contributed by atoms with Crippen LogP contribution in [0, 0.1) is 11.3 Å². The zero-order valence-corrected chi connectivity index (χ0v) is 12.6. The molecule has 0 fully saturated rings. The first-order valence-electron chi connectivity index (χ1n) is 7.82. The van der Waals surface area contributed by atoms with Gasteiger partial charge in [0.05, 0.1) is 6.04 Å². The van der Waals surface area contributed by atoms with Crippen LogP contribution in [0.3, 0.4) is 0 Å². The van der Waals surface area contributed by atoms with Crippen LogP contribution in [0.2, 0.25) is 0 Å². The van der Waals surface area contributed by atoms with E-state index in [1.165, 1.54) is 24.0 Å². The summed E-state index contributed by atoms with van der Waals surface area (Å²) in [6.45, 7) is 5.77. The molecule has 0 saturated heterocycles. The number of hydrogen-bond acceptors (Lipinski definition) is 1. The average molecular weight is 267 g/mol. The minimum Gasteiger partial charge on any atom is -0.306 e. The Hall–Kier alpha value is -1.34. The molecule has 0 aromatic carbocycles. The SMILES string of the molecule is CC1=CC(C2=CCCC=C2)NC[C@@H]1[C@@]1(C)C=CC=CC1. The summed E-state index contributed by atoms with van der Waals surface area (Å²) in [6, 6.07) is 0.412. The number of hydrogen-bond donors (Lipinski definition) is 1.